The van der Waals surface area contributed by atoms with Crippen molar-refractivity contribution in [3.63, 3.8) is 0 Å². The van der Waals surface area contributed by atoms with Crippen molar-refractivity contribution >= 4 is 17.7 Å². The third kappa shape index (κ3) is 5.27. The number of carbonyl (C=O) groups excluding carboxylic acids is 1. The molecule has 0 aliphatic rings. The van der Waals surface area contributed by atoms with E-state index in [0.29, 0.717) is 11.3 Å². The Kier molecular flexibility index (Phi) is 5.10. The molecule has 0 saturated heterocycles. The number of para-hydroxylation sites is 1. The van der Waals surface area contributed by atoms with E-state index in [1.54, 1.807) is 45.0 Å². The van der Waals surface area contributed by atoms with Crippen LogP contribution in [0.5, 0.6) is 0 Å². The minimum absolute atomic E-state index is 0.329. The van der Waals surface area contributed by atoms with Gasteiger partial charge in [-0.2, -0.15) is 0 Å². The lowest BCUT2D eigenvalue weighted by molar-refractivity contribution is -0.139. The summed E-state index contributed by atoms with van der Waals surface area (Å²) in [6, 6.07) is 6.45. The summed E-state index contributed by atoms with van der Waals surface area (Å²) in [4.78, 5) is 22.3. The number of aliphatic hydroxyl groups is 1. The van der Waals surface area contributed by atoms with Gasteiger partial charge in [-0.25, -0.2) is 4.79 Å². The van der Waals surface area contributed by atoms with Crippen LogP contribution < -0.4 is 5.32 Å². The van der Waals surface area contributed by atoms with Crippen LogP contribution in [0.1, 0.15) is 38.9 Å². The predicted octanol–water partition coefficient (Wildman–Crippen LogP) is 2.54. The number of anilines is 1. The largest absolute Gasteiger partial charge is 0.481 e. The van der Waals surface area contributed by atoms with E-state index in [1.165, 1.54) is 0 Å². The minimum atomic E-state index is -1.20. The van der Waals surface area contributed by atoms with Gasteiger partial charge in [0.1, 0.15) is 5.60 Å². The molecular weight excluding hydrogens is 262 g/mol. The van der Waals surface area contributed by atoms with Gasteiger partial charge in [0, 0.05) is 11.3 Å². The van der Waals surface area contributed by atoms with Crippen LogP contribution >= 0.6 is 0 Å². The fourth-order valence-electron chi connectivity index (χ4n) is 1.59. The zero-order valence-corrected chi connectivity index (χ0v) is 11.7. The molecule has 0 unspecified atom stereocenters. The van der Waals surface area contributed by atoms with Crippen LogP contribution in [-0.4, -0.2) is 27.9 Å². The molecule has 1 aromatic carbocycles. The van der Waals surface area contributed by atoms with Gasteiger partial charge in [0.25, 0.3) is 0 Å². The lowest BCUT2D eigenvalue weighted by Crippen LogP contribution is -2.27. The average Bonchev–Trinajstić information content (AvgIpc) is 2.25. The van der Waals surface area contributed by atoms with Gasteiger partial charge < -0.3 is 14.9 Å². The summed E-state index contributed by atoms with van der Waals surface area (Å²) in [5.74, 6) is -1.12. The van der Waals surface area contributed by atoms with Crippen LogP contribution in [0.4, 0.5) is 10.5 Å². The van der Waals surface area contributed by atoms with Gasteiger partial charge in [0.05, 0.1) is 12.5 Å². The molecule has 1 rings (SSSR count). The lowest BCUT2D eigenvalue weighted by Gasteiger charge is -2.21. The second-order valence-corrected chi connectivity index (χ2v) is 5.33. The Hall–Kier alpha value is -2.08. The molecular formula is C14H19NO5. The first-order valence-corrected chi connectivity index (χ1v) is 6.18. The molecule has 6 nitrogen and oxygen atoms in total. The summed E-state index contributed by atoms with van der Waals surface area (Å²) in [6.07, 6.45) is -2.29. The van der Waals surface area contributed by atoms with Gasteiger partial charge >= 0.3 is 12.1 Å². The topological polar surface area (TPSA) is 95.9 Å². The Morgan fingerprint density at radius 2 is 1.90 bits per heavy atom. The van der Waals surface area contributed by atoms with E-state index in [4.69, 9.17) is 9.84 Å². The highest BCUT2D eigenvalue weighted by Gasteiger charge is 2.20. The zero-order chi connectivity index (χ0) is 15.3. The van der Waals surface area contributed by atoms with Gasteiger partial charge in [-0.1, -0.05) is 18.2 Å². The molecule has 20 heavy (non-hydrogen) atoms. The molecule has 3 N–H and O–H groups in total. The predicted molar refractivity (Wildman–Crippen MR) is 73.5 cm³/mol. The van der Waals surface area contributed by atoms with E-state index in [1.807, 2.05) is 0 Å². The average molecular weight is 281 g/mol. The monoisotopic (exact) mass is 281 g/mol. The standard InChI is InChI=1S/C14H19NO5/c1-14(2,3)20-13(19)15-10-7-5-4-6-9(10)11(16)8-12(17)18/h4-7,11,16H,8H2,1-3H3,(H,15,19)(H,17,18)/t11-/m1/s1. The fraction of sp³-hybridized carbons (Fsp3) is 0.429. The Morgan fingerprint density at radius 1 is 1.30 bits per heavy atom. The summed E-state index contributed by atoms with van der Waals surface area (Å²) in [6.45, 7) is 5.20. The molecule has 6 heteroatoms. The molecule has 0 heterocycles. The number of carboxylic acid groups (broad SMARTS) is 1. The maximum atomic E-state index is 11.7. The molecule has 1 atom stereocenters. The third-order valence-electron chi connectivity index (χ3n) is 2.32. The number of aliphatic carboxylic acids is 1. The van der Waals surface area contributed by atoms with Gasteiger partial charge in [-0.3, -0.25) is 10.1 Å². The van der Waals surface area contributed by atoms with Crippen molar-refractivity contribution in [3.05, 3.63) is 29.8 Å². The van der Waals surface area contributed by atoms with Crippen molar-refractivity contribution in [3.8, 4) is 0 Å². The highest BCUT2D eigenvalue weighted by Crippen LogP contribution is 2.25. The summed E-state index contributed by atoms with van der Waals surface area (Å²) in [7, 11) is 0. The van der Waals surface area contributed by atoms with E-state index < -0.39 is 30.2 Å². The fourth-order valence-corrected chi connectivity index (χ4v) is 1.59. The third-order valence-corrected chi connectivity index (χ3v) is 2.32. The number of carbonyl (C=O) groups is 2. The van der Waals surface area contributed by atoms with Gasteiger partial charge in [-0.15, -0.1) is 0 Å². The number of hydrogen-bond donors (Lipinski definition) is 3. The molecule has 110 valence electrons. The van der Waals surface area contributed by atoms with E-state index in [2.05, 4.69) is 5.32 Å². The normalized spacial score (nSPS) is 12.6. The molecule has 0 aliphatic carbocycles. The first kappa shape index (κ1) is 16.0. The Labute approximate surface area is 117 Å². The number of aliphatic hydroxyl groups excluding tert-OH is 1. The number of ether oxygens (including phenoxy) is 1. The Balaban J connectivity index is 2.85. The van der Waals surface area contributed by atoms with Crippen molar-refractivity contribution in [1.29, 1.82) is 0 Å². The molecule has 0 spiro atoms. The molecule has 0 fully saturated rings. The van der Waals surface area contributed by atoms with Crippen LogP contribution in [0, 0.1) is 0 Å². The molecule has 0 saturated carbocycles. The number of rotatable bonds is 4. The minimum Gasteiger partial charge on any atom is -0.481 e. The molecule has 0 aromatic heterocycles. The molecule has 0 radical (unpaired) electrons. The van der Waals surface area contributed by atoms with Crippen LogP contribution in [0.2, 0.25) is 0 Å². The smallest absolute Gasteiger partial charge is 0.412 e. The van der Waals surface area contributed by atoms with Crippen LogP contribution in [0.3, 0.4) is 0 Å². The van der Waals surface area contributed by atoms with Crippen LogP contribution in [0.15, 0.2) is 24.3 Å². The van der Waals surface area contributed by atoms with Crippen molar-refractivity contribution in [2.75, 3.05) is 5.32 Å². The quantitative estimate of drug-likeness (QED) is 0.788. The van der Waals surface area contributed by atoms with Gasteiger partial charge in [-0.05, 0) is 26.8 Å². The second kappa shape index (κ2) is 6.38. The van der Waals surface area contributed by atoms with E-state index >= 15 is 0 Å². The molecule has 1 aromatic rings. The lowest BCUT2D eigenvalue weighted by atomic mass is 10.0. The summed E-state index contributed by atoms with van der Waals surface area (Å²) in [5.41, 5.74) is 0.0230. The van der Waals surface area contributed by atoms with Crippen LogP contribution in [-0.2, 0) is 9.53 Å². The zero-order valence-electron chi connectivity index (χ0n) is 11.7. The highest BCUT2D eigenvalue weighted by atomic mass is 16.6. The van der Waals surface area contributed by atoms with Gasteiger partial charge in [0.2, 0.25) is 0 Å². The molecule has 1 amide bonds. The van der Waals surface area contributed by atoms with Crippen molar-refractivity contribution < 1.29 is 24.5 Å². The van der Waals surface area contributed by atoms with Crippen molar-refractivity contribution in [2.24, 2.45) is 0 Å². The maximum absolute atomic E-state index is 11.7. The van der Waals surface area contributed by atoms with Crippen molar-refractivity contribution in [2.45, 2.75) is 38.9 Å². The SMILES string of the molecule is CC(C)(C)OC(=O)Nc1ccccc1[C@H](O)CC(=O)O. The Morgan fingerprint density at radius 3 is 2.45 bits per heavy atom. The Bertz CT molecular complexity index is 493. The highest BCUT2D eigenvalue weighted by molar-refractivity contribution is 5.86. The van der Waals surface area contributed by atoms with E-state index in [9.17, 15) is 14.7 Å². The van der Waals surface area contributed by atoms with Crippen molar-refractivity contribution in [1.82, 2.24) is 0 Å². The number of amides is 1. The van der Waals surface area contributed by atoms with E-state index in [-0.39, 0.29) is 0 Å². The summed E-state index contributed by atoms with van der Waals surface area (Å²) >= 11 is 0. The van der Waals surface area contributed by atoms with Gasteiger partial charge in [0.15, 0.2) is 0 Å². The molecule has 0 aliphatic heterocycles. The number of hydrogen-bond acceptors (Lipinski definition) is 4. The number of nitrogens with one attached hydrogen (secondary N) is 1. The number of carboxylic acids is 1. The van der Waals surface area contributed by atoms with E-state index in [0.717, 1.165) is 0 Å². The molecule has 0 bridgehead atoms. The maximum Gasteiger partial charge on any atom is 0.412 e. The first-order chi connectivity index (χ1) is 9.19. The second-order valence-electron chi connectivity index (χ2n) is 5.33. The summed E-state index contributed by atoms with van der Waals surface area (Å²) in [5, 5.41) is 21.1. The first-order valence-electron chi connectivity index (χ1n) is 6.18. The van der Waals surface area contributed by atoms with Crippen LogP contribution in [0.25, 0.3) is 0 Å². The number of benzene rings is 1. The summed E-state index contributed by atoms with van der Waals surface area (Å²) < 4.78 is 5.11.